The van der Waals surface area contributed by atoms with Crippen LogP contribution in [0.1, 0.15) is 56.3 Å². The minimum atomic E-state index is -0.397. The average molecular weight is 465 g/mol. The van der Waals surface area contributed by atoms with Crippen LogP contribution in [0.3, 0.4) is 0 Å². The normalized spacial score (nSPS) is 18.9. The van der Waals surface area contributed by atoms with Crippen LogP contribution >= 0.6 is 0 Å². The Labute approximate surface area is 202 Å². The minimum Gasteiger partial charge on any atom is -0.493 e. The number of ether oxygens (including phenoxy) is 2. The highest BCUT2D eigenvalue weighted by atomic mass is 16.5. The van der Waals surface area contributed by atoms with Gasteiger partial charge in [-0.2, -0.15) is 0 Å². The number of amides is 2. The summed E-state index contributed by atoms with van der Waals surface area (Å²) in [7, 11) is 3.29. The van der Waals surface area contributed by atoms with Crippen molar-refractivity contribution in [3.8, 4) is 11.5 Å². The van der Waals surface area contributed by atoms with Gasteiger partial charge in [-0.15, -0.1) is 0 Å². The summed E-state index contributed by atoms with van der Waals surface area (Å²) in [6, 6.07) is 14.1. The van der Waals surface area contributed by atoms with E-state index in [1.54, 1.807) is 14.2 Å². The predicted molar refractivity (Wildman–Crippen MR) is 132 cm³/mol. The monoisotopic (exact) mass is 464 g/mol. The van der Waals surface area contributed by atoms with Gasteiger partial charge in [0.15, 0.2) is 11.5 Å². The Morgan fingerprint density at radius 3 is 2.12 bits per heavy atom. The highest BCUT2D eigenvalue weighted by Crippen LogP contribution is 2.42. The second-order valence-electron chi connectivity index (χ2n) is 10.3. The summed E-state index contributed by atoms with van der Waals surface area (Å²) in [4.78, 5) is 30.5. The number of hydrogen-bond donors (Lipinski definition) is 0. The van der Waals surface area contributed by atoms with E-state index in [9.17, 15) is 9.59 Å². The number of hydrogen-bond acceptors (Lipinski definition) is 4. The minimum absolute atomic E-state index is 0.0723. The number of fused-ring (bicyclic) bond motifs is 1. The number of likely N-dealkylation sites (tertiary alicyclic amines) is 1. The molecule has 0 aliphatic carbocycles. The number of benzene rings is 2. The van der Waals surface area contributed by atoms with E-state index in [0.29, 0.717) is 44.0 Å². The van der Waals surface area contributed by atoms with Crippen molar-refractivity contribution in [2.75, 3.05) is 33.9 Å². The number of nitrogens with zero attached hydrogens (tertiary/aromatic N) is 2. The van der Waals surface area contributed by atoms with Crippen LogP contribution in [0, 0.1) is 11.3 Å². The summed E-state index contributed by atoms with van der Waals surface area (Å²) in [6.07, 6.45) is 2.18. The third-order valence-electron chi connectivity index (χ3n) is 7.05. The first-order valence-corrected chi connectivity index (χ1v) is 12.1. The van der Waals surface area contributed by atoms with Crippen molar-refractivity contribution in [2.24, 2.45) is 11.3 Å². The molecule has 1 saturated heterocycles. The van der Waals surface area contributed by atoms with Crippen LogP contribution in [0.25, 0.3) is 0 Å². The number of rotatable bonds is 4. The second kappa shape index (κ2) is 9.69. The zero-order valence-electron chi connectivity index (χ0n) is 21.0. The molecule has 0 bridgehead atoms. The summed E-state index contributed by atoms with van der Waals surface area (Å²) >= 11 is 0. The lowest BCUT2D eigenvalue weighted by atomic mass is 9.85. The lowest BCUT2D eigenvalue weighted by Gasteiger charge is -2.42. The molecule has 0 spiro atoms. The maximum absolute atomic E-state index is 13.9. The molecule has 2 heterocycles. The summed E-state index contributed by atoms with van der Waals surface area (Å²) < 4.78 is 11.1. The van der Waals surface area contributed by atoms with Crippen molar-refractivity contribution in [1.29, 1.82) is 0 Å². The molecule has 2 aromatic rings. The Kier molecular flexibility index (Phi) is 6.87. The van der Waals surface area contributed by atoms with E-state index < -0.39 is 5.41 Å². The molecule has 2 aliphatic heterocycles. The lowest BCUT2D eigenvalue weighted by molar-refractivity contribution is -0.145. The molecule has 34 heavy (non-hydrogen) atoms. The van der Waals surface area contributed by atoms with Gasteiger partial charge in [0.25, 0.3) is 0 Å². The summed E-state index contributed by atoms with van der Waals surface area (Å²) in [5.74, 6) is 1.65. The maximum Gasteiger partial charge on any atom is 0.227 e. The Morgan fingerprint density at radius 2 is 1.53 bits per heavy atom. The fourth-order valence-corrected chi connectivity index (χ4v) is 5.22. The maximum atomic E-state index is 13.9. The number of piperidine rings is 1. The van der Waals surface area contributed by atoms with Crippen LogP contribution in [-0.2, 0) is 16.0 Å². The molecule has 182 valence electrons. The second-order valence-corrected chi connectivity index (χ2v) is 10.3. The van der Waals surface area contributed by atoms with Crippen molar-refractivity contribution in [2.45, 2.75) is 46.1 Å². The van der Waals surface area contributed by atoms with Crippen molar-refractivity contribution in [1.82, 2.24) is 9.80 Å². The average Bonchev–Trinajstić information content (AvgIpc) is 2.86. The molecule has 1 unspecified atom stereocenters. The van der Waals surface area contributed by atoms with Crippen LogP contribution in [0.4, 0.5) is 0 Å². The Morgan fingerprint density at radius 1 is 0.912 bits per heavy atom. The van der Waals surface area contributed by atoms with Gasteiger partial charge in [0.05, 0.1) is 20.3 Å². The molecular weight excluding hydrogens is 428 g/mol. The van der Waals surface area contributed by atoms with Crippen molar-refractivity contribution < 1.29 is 19.1 Å². The molecule has 1 fully saturated rings. The highest BCUT2D eigenvalue weighted by Gasteiger charge is 2.38. The van der Waals surface area contributed by atoms with E-state index in [1.807, 2.05) is 60.9 Å². The smallest absolute Gasteiger partial charge is 0.227 e. The lowest BCUT2D eigenvalue weighted by Crippen LogP contribution is -2.49. The van der Waals surface area contributed by atoms with E-state index >= 15 is 0 Å². The van der Waals surface area contributed by atoms with Gasteiger partial charge in [-0.25, -0.2) is 0 Å². The van der Waals surface area contributed by atoms with Crippen LogP contribution in [0.2, 0.25) is 0 Å². The zero-order valence-corrected chi connectivity index (χ0v) is 21.0. The Balaban J connectivity index is 1.62. The zero-order chi connectivity index (χ0) is 24.5. The standard InChI is InChI=1S/C28H36N2O4/c1-28(2,3)27(32)29-14-11-20(12-15-29)26(31)30-16-13-21-17-23(33-4)24(34-5)18-22(21)25(30)19-9-7-6-8-10-19/h6-10,17-18,20,25H,11-16H2,1-5H3. The summed E-state index contributed by atoms with van der Waals surface area (Å²) in [6.45, 7) is 7.78. The highest BCUT2D eigenvalue weighted by molar-refractivity contribution is 5.83. The topological polar surface area (TPSA) is 59.1 Å². The van der Waals surface area contributed by atoms with Gasteiger partial charge in [-0.1, -0.05) is 51.1 Å². The van der Waals surface area contributed by atoms with E-state index in [0.717, 1.165) is 17.5 Å². The van der Waals surface area contributed by atoms with E-state index in [1.165, 1.54) is 5.56 Å². The number of carbonyl (C=O) groups is 2. The van der Waals surface area contributed by atoms with Gasteiger partial charge in [-0.3, -0.25) is 9.59 Å². The van der Waals surface area contributed by atoms with Crippen LogP contribution in [0.15, 0.2) is 42.5 Å². The van der Waals surface area contributed by atoms with Gasteiger partial charge in [0.1, 0.15) is 0 Å². The Hall–Kier alpha value is -3.02. The number of carbonyl (C=O) groups excluding carboxylic acids is 2. The van der Waals surface area contributed by atoms with Gasteiger partial charge in [0, 0.05) is 31.0 Å². The summed E-state index contributed by atoms with van der Waals surface area (Å²) in [5, 5.41) is 0. The molecule has 2 amide bonds. The first kappa shape index (κ1) is 24.1. The SMILES string of the molecule is COc1cc2c(cc1OC)C(c1ccccc1)N(C(=O)C1CCN(C(=O)C(C)(C)C)CC1)CC2. The van der Waals surface area contributed by atoms with Crippen LogP contribution in [-0.4, -0.2) is 55.5 Å². The van der Waals surface area contributed by atoms with Crippen molar-refractivity contribution in [3.05, 3.63) is 59.2 Å². The Bertz CT molecular complexity index is 1040. The summed E-state index contributed by atoms with van der Waals surface area (Å²) in [5.41, 5.74) is 2.96. The van der Waals surface area contributed by atoms with E-state index in [-0.39, 0.29) is 23.8 Å². The van der Waals surface area contributed by atoms with Crippen LogP contribution < -0.4 is 9.47 Å². The molecule has 2 aromatic carbocycles. The molecule has 6 nitrogen and oxygen atoms in total. The first-order valence-electron chi connectivity index (χ1n) is 12.1. The molecule has 2 aliphatic rings. The van der Waals surface area contributed by atoms with Gasteiger partial charge in [0.2, 0.25) is 11.8 Å². The van der Waals surface area contributed by atoms with Gasteiger partial charge in [-0.05, 0) is 48.1 Å². The fourth-order valence-electron chi connectivity index (χ4n) is 5.22. The molecule has 0 radical (unpaired) electrons. The van der Waals surface area contributed by atoms with Crippen molar-refractivity contribution in [3.63, 3.8) is 0 Å². The molecule has 4 rings (SSSR count). The molecule has 0 aromatic heterocycles. The van der Waals surface area contributed by atoms with Gasteiger partial charge < -0.3 is 19.3 Å². The quantitative estimate of drug-likeness (QED) is 0.670. The fraction of sp³-hybridized carbons (Fsp3) is 0.500. The van der Waals surface area contributed by atoms with Crippen LogP contribution in [0.5, 0.6) is 11.5 Å². The molecule has 6 heteroatoms. The third-order valence-corrected chi connectivity index (χ3v) is 7.05. The number of methoxy groups -OCH3 is 2. The van der Waals surface area contributed by atoms with Gasteiger partial charge >= 0.3 is 0 Å². The molecule has 0 saturated carbocycles. The molecule has 0 N–H and O–H groups in total. The first-order chi connectivity index (χ1) is 16.2. The molecular formula is C28H36N2O4. The largest absolute Gasteiger partial charge is 0.493 e. The predicted octanol–water partition coefficient (Wildman–Crippen LogP) is 4.46. The van der Waals surface area contributed by atoms with E-state index in [4.69, 9.17) is 9.47 Å². The van der Waals surface area contributed by atoms with E-state index in [2.05, 4.69) is 12.1 Å². The molecule has 1 atom stereocenters. The van der Waals surface area contributed by atoms with Crippen molar-refractivity contribution >= 4 is 11.8 Å². The third kappa shape index (κ3) is 4.63.